The Bertz CT molecular complexity index is 1960. The normalized spacial score (nSPS) is 19.7. The molecule has 1 amide bonds. The Morgan fingerprint density at radius 2 is 1.77 bits per heavy atom. The summed E-state index contributed by atoms with van der Waals surface area (Å²) in [5.74, 6) is 1.12. The minimum absolute atomic E-state index is 0.104. The minimum atomic E-state index is -0.210. The second-order valence-electron chi connectivity index (χ2n) is 13.4. The van der Waals surface area contributed by atoms with Crippen LogP contribution in [0.3, 0.4) is 0 Å². The van der Waals surface area contributed by atoms with E-state index in [2.05, 4.69) is 37.6 Å². The maximum atomic E-state index is 12.0. The Labute approximate surface area is 308 Å². The highest BCUT2D eigenvalue weighted by Crippen LogP contribution is 2.44. The highest BCUT2D eigenvalue weighted by Gasteiger charge is 2.31. The number of hydrogen-bond donors (Lipinski definition) is 2. The van der Waals surface area contributed by atoms with Crippen LogP contribution in [0.5, 0.6) is 17.6 Å². The second kappa shape index (κ2) is 15.9. The summed E-state index contributed by atoms with van der Waals surface area (Å²) in [7, 11) is 4.61. The van der Waals surface area contributed by atoms with Crippen molar-refractivity contribution in [3.05, 3.63) is 82.1 Å². The number of halogens is 1. The zero-order chi connectivity index (χ0) is 36.2. The van der Waals surface area contributed by atoms with Crippen molar-refractivity contribution in [3.8, 4) is 40.0 Å². The molecular weight excluding hydrogens is 684 g/mol. The molecule has 1 aliphatic carbocycles. The van der Waals surface area contributed by atoms with Crippen LogP contribution >= 0.6 is 11.6 Å². The Morgan fingerprint density at radius 1 is 0.962 bits per heavy atom. The number of aromatic nitrogens is 3. The summed E-state index contributed by atoms with van der Waals surface area (Å²) in [6.45, 7) is 3.16. The Balaban J connectivity index is 1.06. The lowest BCUT2D eigenvalue weighted by atomic mass is 9.94. The number of nitrogens with one attached hydrogen (secondary N) is 2. The van der Waals surface area contributed by atoms with E-state index in [1.54, 1.807) is 20.4 Å². The van der Waals surface area contributed by atoms with Gasteiger partial charge in [0, 0.05) is 55.3 Å². The van der Waals surface area contributed by atoms with Crippen molar-refractivity contribution in [1.29, 1.82) is 0 Å². The van der Waals surface area contributed by atoms with Crippen molar-refractivity contribution >= 4 is 23.5 Å². The van der Waals surface area contributed by atoms with Gasteiger partial charge >= 0.3 is 5.97 Å². The number of nitrogens with zero attached hydrogens (tertiary/aromatic N) is 4. The first-order chi connectivity index (χ1) is 25.3. The quantitative estimate of drug-likeness (QED) is 0.174. The molecule has 0 spiro atoms. The molecule has 0 saturated carbocycles. The fraction of sp³-hybridized carbons (Fsp3) is 0.410. The number of amides is 1. The van der Waals surface area contributed by atoms with Gasteiger partial charge in [-0.25, -0.2) is 9.97 Å². The van der Waals surface area contributed by atoms with Gasteiger partial charge in [0.15, 0.2) is 0 Å². The third kappa shape index (κ3) is 7.55. The van der Waals surface area contributed by atoms with Crippen molar-refractivity contribution in [2.24, 2.45) is 5.92 Å². The molecule has 0 unspecified atom stereocenters. The van der Waals surface area contributed by atoms with Gasteiger partial charge in [0.1, 0.15) is 11.8 Å². The molecule has 4 heterocycles. The lowest BCUT2D eigenvalue weighted by Gasteiger charge is -2.18. The first-order valence-corrected chi connectivity index (χ1v) is 18.0. The maximum absolute atomic E-state index is 12.0. The molecule has 2 aliphatic heterocycles. The predicted octanol–water partition coefficient (Wildman–Crippen LogP) is 5.31. The molecule has 0 bridgehead atoms. The molecule has 52 heavy (non-hydrogen) atoms. The number of ether oxygens (including phenoxy) is 4. The number of esters is 1. The van der Waals surface area contributed by atoms with Gasteiger partial charge in [-0.2, -0.15) is 4.98 Å². The minimum Gasteiger partial charge on any atom is -0.481 e. The highest BCUT2D eigenvalue weighted by molar-refractivity contribution is 6.36. The van der Waals surface area contributed by atoms with Crippen LogP contribution in [0.4, 0.5) is 0 Å². The van der Waals surface area contributed by atoms with Gasteiger partial charge in [0.05, 0.1) is 44.2 Å². The van der Waals surface area contributed by atoms with Crippen molar-refractivity contribution in [3.63, 3.8) is 0 Å². The van der Waals surface area contributed by atoms with Gasteiger partial charge in [-0.3, -0.25) is 14.5 Å². The number of benzene rings is 2. The van der Waals surface area contributed by atoms with Crippen molar-refractivity contribution in [2.75, 3.05) is 41.0 Å². The molecule has 2 aromatic heterocycles. The van der Waals surface area contributed by atoms with E-state index >= 15 is 0 Å². The number of likely N-dealkylation sites (tertiary alicyclic amines) is 1. The summed E-state index contributed by atoms with van der Waals surface area (Å²) < 4.78 is 22.6. The molecule has 2 fully saturated rings. The topological polar surface area (TPSA) is 137 Å². The molecule has 7 rings (SSSR count). The Kier molecular flexibility index (Phi) is 10.9. The smallest absolute Gasteiger partial charge is 0.310 e. The largest absolute Gasteiger partial charge is 0.481 e. The molecule has 3 atom stereocenters. The zero-order valence-corrected chi connectivity index (χ0v) is 30.4. The predicted molar refractivity (Wildman–Crippen MR) is 195 cm³/mol. The van der Waals surface area contributed by atoms with Gasteiger partial charge in [-0.1, -0.05) is 54.1 Å². The van der Waals surface area contributed by atoms with Crippen LogP contribution in [0.2, 0.25) is 5.02 Å². The number of pyridine rings is 1. The molecule has 12 nitrogen and oxygen atoms in total. The van der Waals surface area contributed by atoms with Crippen LogP contribution in [0.1, 0.15) is 54.2 Å². The molecule has 4 aromatic rings. The molecule has 2 N–H and O–H groups in total. The summed E-state index contributed by atoms with van der Waals surface area (Å²) in [6, 6.07) is 16.4. The summed E-state index contributed by atoms with van der Waals surface area (Å²) >= 11 is 7.17. The van der Waals surface area contributed by atoms with Crippen LogP contribution in [-0.2, 0) is 33.8 Å². The van der Waals surface area contributed by atoms with E-state index in [4.69, 9.17) is 35.5 Å². The van der Waals surface area contributed by atoms with Crippen molar-refractivity contribution in [2.45, 2.75) is 57.3 Å². The van der Waals surface area contributed by atoms with Crippen LogP contribution in [0, 0.1) is 5.92 Å². The second-order valence-corrected chi connectivity index (χ2v) is 13.8. The van der Waals surface area contributed by atoms with E-state index in [9.17, 15) is 9.59 Å². The zero-order valence-electron chi connectivity index (χ0n) is 29.6. The number of carbonyl (C=O) groups is 2. The number of fused-ring (bicyclic) bond motifs is 1. The van der Waals surface area contributed by atoms with Crippen LogP contribution in [-0.4, -0.2) is 78.7 Å². The molecule has 2 aromatic carbocycles. The van der Waals surface area contributed by atoms with E-state index in [-0.39, 0.29) is 29.9 Å². The van der Waals surface area contributed by atoms with Gasteiger partial charge in [0.2, 0.25) is 23.5 Å². The molecule has 2 saturated heterocycles. The molecular formula is C39H43ClN6O6. The lowest BCUT2D eigenvalue weighted by molar-refractivity contribution is -0.145. The average molecular weight is 727 g/mol. The summed E-state index contributed by atoms with van der Waals surface area (Å²) in [4.78, 5) is 39.8. The number of methoxy groups -OCH3 is 3. The van der Waals surface area contributed by atoms with Crippen LogP contribution in [0.15, 0.2) is 54.7 Å². The third-order valence-electron chi connectivity index (χ3n) is 10.1. The monoisotopic (exact) mass is 726 g/mol. The van der Waals surface area contributed by atoms with Crippen LogP contribution < -0.4 is 24.8 Å². The van der Waals surface area contributed by atoms with E-state index in [0.717, 1.165) is 60.0 Å². The van der Waals surface area contributed by atoms with Gasteiger partial charge in [-0.05, 0) is 55.0 Å². The molecule has 272 valence electrons. The first kappa shape index (κ1) is 35.6. The lowest BCUT2D eigenvalue weighted by Crippen LogP contribution is -2.35. The summed E-state index contributed by atoms with van der Waals surface area (Å²) in [5, 5.41) is 7.00. The Morgan fingerprint density at radius 3 is 2.56 bits per heavy atom. The van der Waals surface area contributed by atoms with Gasteiger partial charge in [-0.15, -0.1) is 0 Å². The summed E-state index contributed by atoms with van der Waals surface area (Å²) in [6.07, 6.45) is 5.20. The fourth-order valence-electron chi connectivity index (χ4n) is 7.47. The number of carbonyl (C=O) groups excluding carboxylic acids is 2. The molecule has 13 heteroatoms. The highest BCUT2D eigenvalue weighted by atomic mass is 35.5. The molecule has 0 radical (unpaired) electrons. The first-order valence-electron chi connectivity index (χ1n) is 17.7. The van der Waals surface area contributed by atoms with Crippen molar-refractivity contribution in [1.82, 2.24) is 30.5 Å². The fourth-order valence-corrected chi connectivity index (χ4v) is 7.80. The van der Waals surface area contributed by atoms with Gasteiger partial charge in [0.25, 0.3) is 0 Å². The summed E-state index contributed by atoms with van der Waals surface area (Å²) in [5.41, 5.74) is 7.39. The third-order valence-corrected chi connectivity index (χ3v) is 10.5. The van der Waals surface area contributed by atoms with Crippen LogP contribution in [0.25, 0.3) is 22.4 Å². The standard InChI is InChI=1S/C39H43ClN6O6/c1-49-37-23(18-41-19-25-11-15-34(47)43-25)10-13-31(44-37)30-9-5-8-29(36(30)40)26-6-4-7-28-27(26)12-14-33(28)52-35-20-42-32(38(45-35)50-2)22-46-17-16-24(21-46)39(48)51-3/h4-10,13,20,24-25,33,41H,11-12,14-19,21-22H2,1-3H3,(H,43,47)/t24-,25+,33+/m1/s1. The maximum Gasteiger partial charge on any atom is 0.310 e. The number of hydrogen-bond acceptors (Lipinski definition) is 11. The Hall–Kier alpha value is -4.78. The van der Waals surface area contributed by atoms with E-state index in [1.165, 1.54) is 12.7 Å². The van der Waals surface area contributed by atoms with Crippen molar-refractivity contribution < 1.29 is 28.5 Å². The average Bonchev–Trinajstić information content (AvgIpc) is 3.92. The van der Waals surface area contributed by atoms with E-state index in [1.807, 2.05) is 36.4 Å². The number of rotatable bonds is 13. The van der Waals surface area contributed by atoms with E-state index in [0.29, 0.717) is 66.7 Å². The van der Waals surface area contributed by atoms with E-state index < -0.39 is 0 Å². The molecule has 3 aliphatic rings. The van der Waals surface area contributed by atoms with Gasteiger partial charge < -0.3 is 29.6 Å². The SMILES string of the molecule is COC(=O)[C@@H]1CCN(Cc2ncc(O[C@H]3CCc4c(-c5cccc(-c6ccc(CNC[C@@H]7CCC(=O)N7)c(OC)n6)c5Cl)cccc43)nc2OC)C1.